The molecule has 0 saturated heterocycles. The van der Waals surface area contributed by atoms with Crippen LogP contribution in [0, 0.1) is 0 Å². The Morgan fingerprint density at radius 2 is 2.07 bits per heavy atom. The fraction of sp³-hybridized carbons (Fsp3) is 0.429. The fourth-order valence-electron chi connectivity index (χ4n) is 3.44. The topological polar surface area (TPSA) is 74.7 Å². The molecule has 1 atom stereocenters. The molecule has 1 unspecified atom stereocenters. The zero-order valence-corrected chi connectivity index (χ0v) is 18.6. The van der Waals surface area contributed by atoms with Crippen LogP contribution >= 0.6 is 22.7 Å². The minimum Gasteiger partial charge on any atom is -0.356 e. The number of aliphatic hydroxyl groups is 1. The van der Waals surface area contributed by atoms with Crippen LogP contribution in [0.15, 0.2) is 24.3 Å². The van der Waals surface area contributed by atoms with E-state index in [1.807, 2.05) is 43.9 Å². The third kappa shape index (κ3) is 4.36. The average molecular weight is 432 g/mol. The standard InChI is InChI=1S/C21H25N3O3S2/c1-12(25)22-18-17(19-23-14-7-5-6-8-16(14)29-19)13-11-24(10-9-15(13)28-18)20(26)27-21(2,3)4/h5-8,20,26H,9-11H2,1-4H3,(H,22,25). The second-order valence-electron chi connectivity index (χ2n) is 8.15. The third-order valence-electron chi connectivity index (χ3n) is 4.65. The molecule has 0 saturated carbocycles. The van der Waals surface area contributed by atoms with E-state index in [2.05, 4.69) is 11.4 Å². The number of nitrogens with zero attached hydrogens (tertiary/aromatic N) is 2. The highest BCUT2D eigenvalue weighted by Gasteiger charge is 2.31. The Bertz CT molecular complexity index is 1020. The lowest BCUT2D eigenvalue weighted by Crippen LogP contribution is -2.44. The molecule has 1 aliphatic rings. The molecular formula is C21H25N3O3S2. The highest BCUT2D eigenvalue weighted by Crippen LogP contribution is 2.46. The summed E-state index contributed by atoms with van der Waals surface area (Å²) in [6, 6.07) is 8.04. The second-order valence-corrected chi connectivity index (χ2v) is 10.3. The molecule has 2 aromatic heterocycles. The first kappa shape index (κ1) is 20.4. The summed E-state index contributed by atoms with van der Waals surface area (Å²) in [5.41, 5.74) is 2.59. The number of hydrogen-bond acceptors (Lipinski definition) is 7. The van der Waals surface area contributed by atoms with Gasteiger partial charge >= 0.3 is 0 Å². The summed E-state index contributed by atoms with van der Waals surface area (Å²) in [5, 5.41) is 15.3. The van der Waals surface area contributed by atoms with E-state index in [1.54, 1.807) is 22.7 Å². The van der Waals surface area contributed by atoms with Crippen LogP contribution in [0.1, 0.15) is 38.1 Å². The predicted octanol–water partition coefficient (Wildman–Crippen LogP) is 4.43. The fourth-order valence-corrected chi connectivity index (χ4v) is 5.80. The number of carbonyl (C=O) groups is 1. The van der Waals surface area contributed by atoms with Crippen LogP contribution in [0.25, 0.3) is 20.8 Å². The number of ether oxygens (including phenoxy) is 1. The van der Waals surface area contributed by atoms with Gasteiger partial charge in [0, 0.05) is 24.9 Å². The van der Waals surface area contributed by atoms with Crippen LogP contribution in [0.4, 0.5) is 5.00 Å². The molecule has 0 radical (unpaired) electrons. The number of rotatable bonds is 4. The molecule has 3 aromatic rings. The number of carbonyl (C=O) groups excluding carboxylic acids is 1. The first-order valence-corrected chi connectivity index (χ1v) is 11.2. The molecule has 3 heterocycles. The number of anilines is 1. The lowest BCUT2D eigenvalue weighted by molar-refractivity contribution is -0.242. The van der Waals surface area contributed by atoms with E-state index >= 15 is 0 Å². The van der Waals surface area contributed by atoms with Crippen molar-refractivity contribution in [2.45, 2.75) is 52.7 Å². The van der Waals surface area contributed by atoms with Crippen LogP contribution < -0.4 is 5.32 Å². The largest absolute Gasteiger partial charge is 0.356 e. The van der Waals surface area contributed by atoms with Crippen molar-refractivity contribution in [1.82, 2.24) is 9.88 Å². The van der Waals surface area contributed by atoms with E-state index < -0.39 is 12.0 Å². The highest BCUT2D eigenvalue weighted by molar-refractivity contribution is 7.22. The Kier molecular flexibility index (Phi) is 5.48. The number of thiazole rings is 1. The summed E-state index contributed by atoms with van der Waals surface area (Å²) >= 11 is 3.23. The van der Waals surface area contributed by atoms with Gasteiger partial charge in [-0.1, -0.05) is 12.1 Å². The molecular weight excluding hydrogens is 406 g/mol. The minimum atomic E-state index is -0.976. The lowest BCUT2D eigenvalue weighted by atomic mass is 10.0. The molecule has 1 amide bonds. The number of aromatic nitrogens is 1. The van der Waals surface area contributed by atoms with Crippen molar-refractivity contribution in [2.24, 2.45) is 0 Å². The monoisotopic (exact) mass is 431 g/mol. The maximum atomic E-state index is 11.8. The van der Waals surface area contributed by atoms with Crippen LogP contribution in [0.3, 0.4) is 0 Å². The maximum Gasteiger partial charge on any atom is 0.221 e. The van der Waals surface area contributed by atoms with Gasteiger partial charge in [-0.05, 0) is 44.9 Å². The van der Waals surface area contributed by atoms with Crippen LogP contribution in [0.2, 0.25) is 0 Å². The van der Waals surface area contributed by atoms with E-state index in [0.717, 1.165) is 37.8 Å². The molecule has 0 spiro atoms. The SMILES string of the molecule is CC(=O)Nc1sc2c(c1-c1nc3ccccc3s1)CN(C(O)OC(C)(C)C)CC2. The van der Waals surface area contributed by atoms with E-state index in [1.165, 1.54) is 11.8 Å². The molecule has 0 aliphatic carbocycles. The van der Waals surface area contributed by atoms with Gasteiger partial charge < -0.3 is 15.2 Å². The number of thiophene rings is 1. The van der Waals surface area contributed by atoms with Gasteiger partial charge in [0.2, 0.25) is 12.3 Å². The van der Waals surface area contributed by atoms with Gasteiger partial charge in [0.05, 0.1) is 21.4 Å². The Hall–Kier alpha value is -1.84. The van der Waals surface area contributed by atoms with Gasteiger partial charge in [-0.2, -0.15) is 0 Å². The first-order valence-electron chi connectivity index (χ1n) is 9.59. The number of hydrogen-bond donors (Lipinski definition) is 2. The van der Waals surface area contributed by atoms with Crippen molar-refractivity contribution >= 4 is 43.8 Å². The van der Waals surface area contributed by atoms with Gasteiger partial charge in [-0.15, -0.1) is 22.7 Å². The molecule has 6 nitrogen and oxygen atoms in total. The van der Waals surface area contributed by atoms with Gasteiger partial charge in [0.25, 0.3) is 0 Å². The molecule has 4 rings (SSSR count). The number of nitrogens with one attached hydrogen (secondary N) is 1. The normalized spacial score (nSPS) is 16.0. The van der Waals surface area contributed by atoms with E-state index in [9.17, 15) is 9.90 Å². The molecule has 8 heteroatoms. The highest BCUT2D eigenvalue weighted by atomic mass is 32.1. The number of para-hydroxylation sites is 1. The van der Waals surface area contributed by atoms with Crippen molar-refractivity contribution in [3.8, 4) is 10.6 Å². The Balaban J connectivity index is 1.74. The van der Waals surface area contributed by atoms with Crippen LogP contribution in [-0.2, 0) is 22.5 Å². The van der Waals surface area contributed by atoms with Crippen LogP contribution in [0.5, 0.6) is 0 Å². The van der Waals surface area contributed by atoms with Gasteiger partial charge in [-0.25, -0.2) is 4.98 Å². The van der Waals surface area contributed by atoms with Crippen molar-refractivity contribution in [2.75, 3.05) is 11.9 Å². The van der Waals surface area contributed by atoms with Crippen molar-refractivity contribution in [1.29, 1.82) is 0 Å². The molecule has 0 bridgehead atoms. The van der Waals surface area contributed by atoms with E-state index in [-0.39, 0.29) is 5.91 Å². The minimum absolute atomic E-state index is 0.0982. The number of aliphatic hydroxyl groups excluding tert-OH is 1. The summed E-state index contributed by atoms with van der Waals surface area (Å²) in [7, 11) is 0. The number of fused-ring (bicyclic) bond motifs is 2. The van der Waals surface area contributed by atoms with Gasteiger partial charge in [-0.3, -0.25) is 9.69 Å². The molecule has 1 aromatic carbocycles. The predicted molar refractivity (Wildman–Crippen MR) is 118 cm³/mol. The van der Waals surface area contributed by atoms with E-state index in [4.69, 9.17) is 9.72 Å². The molecule has 2 N–H and O–H groups in total. The Morgan fingerprint density at radius 3 is 2.76 bits per heavy atom. The molecule has 154 valence electrons. The lowest BCUT2D eigenvalue weighted by Gasteiger charge is -2.34. The summed E-state index contributed by atoms with van der Waals surface area (Å²) < 4.78 is 6.87. The van der Waals surface area contributed by atoms with Crippen molar-refractivity contribution < 1.29 is 14.6 Å². The summed E-state index contributed by atoms with van der Waals surface area (Å²) in [6.45, 7) is 8.55. The second kappa shape index (κ2) is 7.77. The first-order chi connectivity index (χ1) is 13.7. The zero-order valence-electron chi connectivity index (χ0n) is 17.0. The smallest absolute Gasteiger partial charge is 0.221 e. The zero-order chi connectivity index (χ0) is 20.8. The van der Waals surface area contributed by atoms with Gasteiger partial charge in [0.15, 0.2) is 0 Å². The summed E-state index contributed by atoms with van der Waals surface area (Å²) in [5.74, 6) is -0.0982. The summed E-state index contributed by atoms with van der Waals surface area (Å²) in [6.07, 6.45) is -0.183. The van der Waals surface area contributed by atoms with Gasteiger partial charge in [0.1, 0.15) is 10.0 Å². The number of benzene rings is 1. The Morgan fingerprint density at radius 1 is 1.31 bits per heavy atom. The quantitative estimate of drug-likeness (QED) is 0.598. The van der Waals surface area contributed by atoms with Crippen molar-refractivity contribution in [3.05, 3.63) is 34.7 Å². The van der Waals surface area contributed by atoms with Crippen molar-refractivity contribution in [3.63, 3.8) is 0 Å². The van der Waals surface area contributed by atoms with E-state index in [0.29, 0.717) is 13.1 Å². The third-order valence-corrected chi connectivity index (χ3v) is 6.91. The molecule has 29 heavy (non-hydrogen) atoms. The number of amides is 1. The Labute approximate surface area is 178 Å². The molecule has 0 fully saturated rings. The maximum absolute atomic E-state index is 11.8. The molecule has 1 aliphatic heterocycles. The van der Waals surface area contributed by atoms with Crippen LogP contribution in [-0.4, -0.2) is 39.5 Å². The summed E-state index contributed by atoms with van der Waals surface area (Å²) in [4.78, 5) is 19.8. The average Bonchev–Trinajstić information content (AvgIpc) is 3.19.